The Morgan fingerprint density at radius 1 is 1.22 bits per heavy atom. The SMILES string of the molecule is C=CCC(C)C(C)NC1CC(C)(C)NC(C)(C)C1. The molecule has 2 N–H and O–H groups in total. The van der Waals surface area contributed by atoms with Crippen molar-refractivity contribution in [3.8, 4) is 0 Å². The van der Waals surface area contributed by atoms with Crippen LogP contribution in [0.3, 0.4) is 0 Å². The highest BCUT2D eigenvalue weighted by molar-refractivity contribution is 5.00. The molecule has 2 atom stereocenters. The third-order valence-electron chi connectivity index (χ3n) is 4.08. The number of piperidine rings is 1. The number of hydrogen-bond acceptors (Lipinski definition) is 2. The van der Waals surface area contributed by atoms with Crippen LogP contribution in [0.4, 0.5) is 0 Å². The van der Waals surface area contributed by atoms with E-state index in [-0.39, 0.29) is 11.1 Å². The smallest absolute Gasteiger partial charge is 0.0144 e. The van der Waals surface area contributed by atoms with E-state index in [4.69, 9.17) is 0 Å². The third kappa shape index (κ3) is 4.74. The summed E-state index contributed by atoms with van der Waals surface area (Å²) in [6.45, 7) is 17.7. The number of hydrogen-bond donors (Lipinski definition) is 2. The first-order valence-electron chi connectivity index (χ1n) is 7.31. The highest BCUT2D eigenvalue weighted by atomic mass is 15.1. The zero-order valence-electron chi connectivity index (χ0n) is 13.1. The van der Waals surface area contributed by atoms with Crippen LogP contribution < -0.4 is 10.6 Å². The lowest BCUT2D eigenvalue weighted by Crippen LogP contribution is -2.62. The van der Waals surface area contributed by atoms with E-state index in [1.807, 2.05) is 6.08 Å². The van der Waals surface area contributed by atoms with Gasteiger partial charge in [-0.2, -0.15) is 0 Å². The number of nitrogens with one attached hydrogen (secondary N) is 2. The standard InChI is InChI=1S/C16H32N2/c1-8-9-12(2)13(3)17-14-10-15(4,5)18-16(6,7)11-14/h8,12-14,17-18H,1,9-11H2,2-7H3. The molecule has 2 heteroatoms. The molecule has 0 saturated carbocycles. The van der Waals surface area contributed by atoms with Crippen molar-refractivity contribution in [1.29, 1.82) is 0 Å². The maximum Gasteiger partial charge on any atom is 0.0144 e. The van der Waals surface area contributed by atoms with Crippen LogP contribution in [0.2, 0.25) is 0 Å². The molecule has 1 aliphatic heterocycles. The van der Waals surface area contributed by atoms with Crippen LogP contribution in [0.25, 0.3) is 0 Å². The zero-order valence-corrected chi connectivity index (χ0v) is 13.1. The Kier molecular flexibility index (Phi) is 5.02. The van der Waals surface area contributed by atoms with Crippen molar-refractivity contribution >= 4 is 0 Å². The highest BCUT2D eigenvalue weighted by Crippen LogP contribution is 2.29. The summed E-state index contributed by atoms with van der Waals surface area (Å²) >= 11 is 0. The van der Waals surface area contributed by atoms with Gasteiger partial charge >= 0.3 is 0 Å². The summed E-state index contributed by atoms with van der Waals surface area (Å²) in [6, 6.07) is 1.16. The van der Waals surface area contributed by atoms with E-state index in [0.717, 1.165) is 6.42 Å². The second kappa shape index (κ2) is 5.75. The minimum absolute atomic E-state index is 0.223. The minimum atomic E-state index is 0.223. The Balaban J connectivity index is 2.58. The van der Waals surface area contributed by atoms with E-state index in [0.29, 0.717) is 18.0 Å². The molecule has 0 aromatic heterocycles. The van der Waals surface area contributed by atoms with Gasteiger partial charge in [-0.25, -0.2) is 0 Å². The van der Waals surface area contributed by atoms with Gasteiger partial charge in [-0.05, 0) is 59.8 Å². The van der Waals surface area contributed by atoms with Crippen LogP contribution in [-0.4, -0.2) is 23.2 Å². The first-order chi connectivity index (χ1) is 8.15. The van der Waals surface area contributed by atoms with Crippen molar-refractivity contribution in [2.24, 2.45) is 5.92 Å². The lowest BCUT2D eigenvalue weighted by atomic mass is 9.79. The summed E-state index contributed by atoms with van der Waals surface area (Å²) in [6.07, 6.45) is 5.51. The van der Waals surface area contributed by atoms with Gasteiger partial charge in [0.05, 0.1) is 0 Å². The fourth-order valence-corrected chi connectivity index (χ4v) is 3.44. The Labute approximate surface area is 114 Å². The maximum atomic E-state index is 3.84. The average Bonchev–Trinajstić information content (AvgIpc) is 2.12. The summed E-state index contributed by atoms with van der Waals surface area (Å²) in [5.41, 5.74) is 0.446. The predicted octanol–water partition coefficient (Wildman–Crippen LogP) is 3.49. The van der Waals surface area contributed by atoms with Gasteiger partial charge in [-0.15, -0.1) is 6.58 Å². The van der Waals surface area contributed by atoms with Crippen LogP contribution in [0, 0.1) is 5.92 Å². The molecule has 1 heterocycles. The van der Waals surface area contributed by atoms with Gasteiger partial charge < -0.3 is 10.6 Å². The summed E-state index contributed by atoms with van der Waals surface area (Å²) < 4.78 is 0. The third-order valence-corrected chi connectivity index (χ3v) is 4.08. The second-order valence-corrected chi connectivity index (χ2v) is 7.45. The molecule has 1 aliphatic rings. The van der Waals surface area contributed by atoms with Gasteiger partial charge in [0.25, 0.3) is 0 Å². The Bertz CT molecular complexity index is 265. The molecule has 0 amide bonds. The molecule has 1 rings (SSSR count). The molecule has 0 aromatic carbocycles. The van der Waals surface area contributed by atoms with Gasteiger partial charge in [0.1, 0.15) is 0 Å². The van der Waals surface area contributed by atoms with Gasteiger partial charge in [-0.1, -0.05) is 13.0 Å². The van der Waals surface area contributed by atoms with E-state index in [9.17, 15) is 0 Å². The molecule has 18 heavy (non-hydrogen) atoms. The normalized spacial score (nSPS) is 26.6. The quantitative estimate of drug-likeness (QED) is 0.732. The van der Waals surface area contributed by atoms with Crippen LogP contribution in [0.5, 0.6) is 0 Å². The summed E-state index contributed by atoms with van der Waals surface area (Å²) in [4.78, 5) is 0. The van der Waals surface area contributed by atoms with Gasteiger partial charge in [-0.3, -0.25) is 0 Å². The molecular weight excluding hydrogens is 220 g/mol. The van der Waals surface area contributed by atoms with Crippen molar-refractivity contribution < 1.29 is 0 Å². The largest absolute Gasteiger partial charge is 0.311 e. The summed E-state index contributed by atoms with van der Waals surface area (Å²) in [5, 5.41) is 7.56. The van der Waals surface area contributed by atoms with Gasteiger partial charge in [0, 0.05) is 23.2 Å². The van der Waals surface area contributed by atoms with Gasteiger partial charge in [0.2, 0.25) is 0 Å². The fourth-order valence-electron chi connectivity index (χ4n) is 3.44. The lowest BCUT2D eigenvalue weighted by Gasteiger charge is -2.47. The predicted molar refractivity (Wildman–Crippen MR) is 80.9 cm³/mol. The Morgan fingerprint density at radius 2 is 1.72 bits per heavy atom. The Morgan fingerprint density at radius 3 is 2.17 bits per heavy atom. The molecule has 106 valence electrons. The Hall–Kier alpha value is -0.340. The molecule has 1 saturated heterocycles. The second-order valence-electron chi connectivity index (χ2n) is 7.45. The van der Waals surface area contributed by atoms with Crippen molar-refractivity contribution in [2.75, 3.05) is 0 Å². The van der Waals surface area contributed by atoms with Crippen LogP contribution >= 0.6 is 0 Å². The monoisotopic (exact) mass is 252 g/mol. The molecule has 0 aliphatic carbocycles. The van der Waals surface area contributed by atoms with Crippen LogP contribution in [0.15, 0.2) is 12.7 Å². The molecule has 2 unspecified atom stereocenters. The maximum absolute atomic E-state index is 3.84. The molecule has 0 spiro atoms. The number of rotatable bonds is 5. The first-order valence-corrected chi connectivity index (χ1v) is 7.31. The highest BCUT2D eigenvalue weighted by Gasteiger charge is 2.38. The summed E-state index contributed by atoms with van der Waals surface area (Å²) in [7, 11) is 0. The van der Waals surface area contributed by atoms with E-state index in [1.54, 1.807) is 0 Å². The zero-order chi connectivity index (χ0) is 14.0. The molecule has 1 fully saturated rings. The van der Waals surface area contributed by atoms with E-state index in [2.05, 4.69) is 58.8 Å². The van der Waals surface area contributed by atoms with Crippen molar-refractivity contribution in [3.63, 3.8) is 0 Å². The van der Waals surface area contributed by atoms with Gasteiger partial charge in [0.15, 0.2) is 0 Å². The minimum Gasteiger partial charge on any atom is -0.311 e. The molecule has 0 aromatic rings. The molecule has 2 nitrogen and oxygen atoms in total. The molecule has 0 radical (unpaired) electrons. The van der Waals surface area contributed by atoms with E-state index in [1.165, 1.54) is 12.8 Å². The van der Waals surface area contributed by atoms with Crippen LogP contribution in [0.1, 0.15) is 60.8 Å². The number of allylic oxidation sites excluding steroid dienone is 1. The summed E-state index contributed by atoms with van der Waals surface area (Å²) in [5.74, 6) is 0.656. The van der Waals surface area contributed by atoms with Crippen LogP contribution in [-0.2, 0) is 0 Å². The topological polar surface area (TPSA) is 24.1 Å². The lowest BCUT2D eigenvalue weighted by molar-refractivity contribution is 0.135. The van der Waals surface area contributed by atoms with Crippen molar-refractivity contribution in [3.05, 3.63) is 12.7 Å². The fraction of sp³-hybridized carbons (Fsp3) is 0.875. The van der Waals surface area contributed by atoms with E-state index >= 15 is 0 Å². The average molecular weight is 252 g/mol. The van der Waals surface area contributed by atoms with E-state index < -0.39 is 0 Å². The van der Waals surface area contributed by atoms with Crippen molar-refractivity contribution in [1.82, 2.24) is 10.6 Å². The molecule has 0 bridgehead atoms. The molecular formula is C16H32N2. The first kappa shape index (κ1) is 15.7. The van der Waals surface area contributed by atoms with Crippen molar-refractivity contribution in [2.45, 2.75) is 84.0 Å².